The molecular weight excluding hydrogens is 378 g/mol. The van der Waals surface area contributed by atoms with Crippen LogP contribution in [0.15, 0.2) is 30.3 Å². The highest BCUT2D eigenvalue weighted by molar-refractivity contribution is 6.11. The molecule has 0 aliphatic carbocycles. The van der Waals surface area contributed by atoms with Gasteiger partial charge in [0.15, 0.2) is 5.65 Å². The lowest BCUT2D eigenvalue weighted by atomic mass is 10.1. The molecule has 3 aromatic rings. The predicted molar refractivity (Wildman–Crippen MR) is 115 cm³/mol. The summed E-state index contributed by atoms with van der Waals surface area (Å²) in [5.74, 6) is 1.47. The monoisotopic (exact) mass is 403 g/mol. The van der Waals surface area contributed by atoms with Gasteiger partial charge in [0.1, 0.15) is 17.1 Å². The molecule has 0 spiro atoms. The number of rotatable bonds is 6. The molecule has 1 amide bonds. The molecule has 1 N–H and O–H groups in total. The quantitative estimate of drug-likeness (QED) is 0.616. The van der Waals surface area contributed by atoms with Gasteiger partial charge in [-0.3, -0.25) is 4.79 Å². The van der Waals surface area contributed by atoms with E-state index < -0.39 is 0 Å². The molecule has 0 atom stereocenters. The molecule has 4 rings (SSSR count). The summed E-state index contributed by atoms with van der Waals surface area (Å²) in [5, 5.41) is 11.6. The molecule has 3 heterocycles. The Bertz CT molecular complexity index is 1110. The number of fused-ring (bicyclic) bond motifs is 3. The van der Waals surface area contributed by atoms with Crippen LogP contribution in [0.25, 0.3) is 11.2 Å². The SMILES string of the molecule is Cc1cc(C(=O)Nc2cccc(OCCCC#N)c2)c2nc3n(c2n1)CCCCC3. The van der Waals surface area contributed by atoms with Crippen LogP contribution >= 0.6 is 0 Å². The van der Waals surface area contributed by atoms with Crippen molar-refractivity contribution in [2.75, 3.05) is 11.9 Å². The fraction of sp³-hybridized carbons (Fsp3) is 0.391. The number of hydrogen-bond acceptors (Lipinski definition) is 5. The van der Waals surface area contributed by atoms with E-state index in [-0.39, 0.29) is 5.91 Å². The lowest BCUT2D eigenvalue weighted by Crippen LogP contribution is -2.13. The third kappa shape index (κ3) is 4.28. The van der Waals surface area contributed by atoms with Gasteiger partial charge < -0.3 is 14.6 Å². The molecule has 0 fully saturated rings. The zero-order valence-corrected chi connectivity index (χ0v) is 17.1. The highest BCUT2D eigenvalue weighted by atomic mass is 16.5. The van der Waals surface area contributed by atoms with Gasteiger partial charge in [-0.1, -0.05) is 12.5 Å². The van der Waals surface area contributed by atoms with Crippen LogP contribution in [0.2, 0.25) is 0 Å². The highest BCUT2D eigenvalue weighted by Gasteiger charge is 2.21. The summed E-state index contributed by atoms with van der Waals surface area (Å²) in [6.45, 7) is 3.27. The Kier molecular flexibility index (Phi) is 5.94. The second-order valence-corrected chi connectivity index (χ2v) is 7.57. The first-order chi connectivity index (χ1) is 14.7. The molecule has 0 saturated heterocycles. The van der Waals surface area contributed by atoms with E-state index in [9.17, 15) is 4.79 Å². The summed E-state index contributed by atoms with van der Waals surface area (Å²) in [4.78, 5) is 22.6. The maximum Gasteiger partial charge on any atom is 0.258 e. The summed E-state index contributed by atoms with van der Waals surface area (Å²) < 4.78 is 7.83. The first-order valence-corrected chi connectivity index (χ1v) is 10.4. The topological polar surface area (TPSA) is 92.8 Å². The maximum absolute atomic E-state index is 13.1. The number of nitriles is 1. The normalized spacial score (nSPS) is 13.3. The average molecular weight is 403 g/mol. The van der Waals surface area contributed by atoms with Crippen LogP contribution in [0.1, 0.15) is 54.0 Å². The number of aromatic nitrogens is 3. The molecule has 2 aromatic heterocycles. The number of carbonyl (C=O) groups excluding carboxylic acids is 1. The van der Waals surface area contributed by atoms with Crippen molar-refractivity contribution >= 4 is 22.8 Å². The fourth-order valence-corrected chi connectivity index (χ4v) is 3.79. The van der Waals surface area contributed by atoms with Gasteiger partial charge in [0.2, 0.25) is 0 Å². The molecule has 154 valence electrons. The Morgan fingerprint density at radius 3 is 3.03 bits per heavy atom. The van der Waals surface area contributed by atoms with Gasteiger partial charge in [-0.15, -0.1) is 0 Å². The Hall–Kier alpha value is -3.40. The zero-order valence-electron chi connectivity index (χ0n) is 17.1. The molecule has 7 heteroatoms. The van der Waals surface area contributed by atoms with Gasteiger partial charge in [0, 0.05) is 36.8 Å². The Morgan fingerprint density at radius 2 is 2.17 bits per heavy atom. The number of nitrogens with zero attached hydrogens (tertiary/aromatic N) is 4. The number of carbonyl (C=O) groups is 1. The van der Waals surface area contributed by atoms with Crippen LogP contribution in [-0.2, 0) is 13.0 Å². The number of anilines is 1. The molecule has 1 aliphatic heterocycles. The third-order valence-electron chi connectivity index (χ3n) is 5.23. The molecule has 0 radical (unpaired) electrons. The number of benzene rings is 1. The van der Waals surface area contributed by atoms with E-state index in [2.05, 4.69) is 20.9 Å². The van der Waals surface area contributed by atoms with E-state index in [1.165, 1.54) is 6.42 Å². The van der Waals surface area contributed by atoms with Crippen LogP contribution in [0, 0.1) is 18.3 Å². The Labute approximate surface area is 175 Å². The minimum atomic E-state index is -0.208. The summed E-state index contributed by atoms with van der Waals surface area (Å²) in [5.41, 5.74) is 3.46. The number of hydrogen-bond donors (Lipinski definition) is 1. The van der Waals surface area contributed by atoms with Gasteiger partial charge in [-0.2, -0.15) is 5.26 Å². The van der Waals surface area contributed by atoms with Gasteiger partial charge in [-0.25, -0.2) is 9.97 Å². The van der Waals surface area contributed by atoms with Crippen molar-refractivity contribution in [3.05, 3.63) is 47.4 Å². The van der Waals surface area contributed by atoms with Crippen molar-refractivity contribution in [1.29, 1.82) is 5.26 Å². The molecule has 30 heavy (non-hydrogen) atoms. The minimum absolute atomic E-state index is 0.208. The number of amides is 1. The van der Waals surface area contributed by atoms with Crippen LogP contribution in [0.3, 0.4) is 0 Å². The van der Waals surface area contributed by atoms with E-state index >= 15 is 0 Å². The van der Waals surface area contributed by atoms with Crippen LogP contribution in [-0.4, -0.2) is 27.0 Å². The van der Waals surface area contributed by atoms with Crippen LogP contribution in [0.5, 0.6) is 5.75 Å². The van der Waals surface area contributed by atoms with Gasteiger partial charge >= 0.3 is 0 Å². The number of nitrogens with one attached hydrogen (secondary N) is 1. The maximum atomic E-state index is 13.1. The van der Waals surface area contributed by atoms with Crippen molar-refractivity contribution in [3.63, 3.8) is 0 Å². The standard InChI is InChI=1S/C23H25N5O2/c1-16-14-19(21-22(25-16)28-12-5-2-3-10-20(28)27-21)23(29)26-17-8-7-9-18(15-17)30-13-6-4-11-24/h7-9,14-15H,2-6,10,12-13H2,1H3,(H,26,29). The van der Waals surface area contributed by atoms with Crippen molar-refractivity contribution in [2.24, 2.45) is 0 Å². The molecule has 1 aromatic carbocycles. The van der Waals surface area contributed by atoms with Crippen LogP contribution in [0.4, 0.5) is 5.69 Å². The molecule has 0 bridgehead atoms. The van der Waals surface area contributed by atoms with E-state index in [1.54, 1.807) is 12.1 Å². The lowest BCUT2D eigenvalue weighted by molar-refractivity contribution is 0.102. The summed E-state index contributed by atoms with van der Waals surface area (Å²) in [6, 6.07) is 11.2. The fourth-order valence-electron chi connectivity index (χ4n) is 3.79. The summed E-state index contributed by atoms with van der Waals surface area (Å²) in [7, 11) is 0. The minimum Gasteiger partial charge on any atom is -0.493 e. The van der Waals surface area contributed by atoms with E-state index in [0.717, 1.165) is 43.0 Å². The number of pyridine rings is 1. The second kappa shape index (κ2) is 8.95. The smallest absolute Gasteiger partial charge is 0.258 e. The van der Waals surface area contributed by atoms with Crippen molar-refractivity contribution in [2.45, 2.75) is 52.0 Å². The first kappa shape index (κ1) is 19.9. The molecule has 0 unspecified atom stereocenters. The highest BCUT2D eigenvalue weighted by Crippen LogP contribution is 2.25. The summed E-state index contributed by atoms with van der Waals surface area (Å²) in [6.07, 6.45) is 5.47. The Morgan fingerprint density at radius 1 is 1.27 bits per heavy atom. The predicted octanol–water partition coefficient (Wildman–Crippen LogP) is 4.40. The van der Waals surface area contributed by atoms with Crippen molar-refractivity contribution in [3.8, 4) is 11.8 Å². The number of unbranched alkanes of at least 4 members (excludes halogenated alkanes) is 1. The number of imidazole rings is 1. The first-order valence-electron chi connectivity index (χ1n) is 10.4. The summed E-state index contributed by atoms with van der Waals surface area (Å²) >= 11 is 0. The van der Waals surface area contributed by atoms with E-state index in [1.807, 2.05) is 25.1 Å². The molecular formula is C23H25N5O2. The third-order valence-corrected chi connectivity index (χ3v) is 5.23. The number of ether oxygens (including phenoxy) is 1. The average Bonchev–Trinajstić information content (AvgIpc) is 2.92. The molecule has 0 saturated carbocycles. The van der Waals surface area contributed by atoms with Crippen molar-refractivity contribution in [1.82, 2.24) is 14.5 Å². The van der Waals surface area contributed by atoms with Gasteiger partial charge in [0.05, 0.1) is 18.2 Å². The molecule has 7 nitrogen and oxygen atoms in total. The number of aryl methyl sites for hydroxylation is 3. The second-order valence-electron chi connectivity index (χ2n) is 7.57. The van der Waals surface area contributed by atoms with Gasteiger partial charge in [-0.05, 0) is 44.4 Å². The molecule has 1 aliphatic rings. The zero-order chi connectivity index (χ0) is 20.9. The van der Waals surface area contributed by atoms with Crippen molar-refractivity contribution < 1.29 is 9.53 Å². The van der Waals surface area contributed by atoms with E-state index in [4.69, 9.17) is 15.0 Å². The van der Waals surface area contributed by atoms with E-state index in [0.29, 0.717) is 42.0 Å². The lowest BCUT2D eigenvalue weighted by Gasteiger charge is -2.10. The Balaban J connectivity index is 1.57. The van der Waals surface area contributed by atoms with Crippen LogP contribution < -0.4 is 10.1 Å². The van der Waals surface area contributed by atoms with Gasteiger partial charge in [0.25, 0.3) is 5.91 Å². The largest absolute Gasteiger partial charge is 0.493 e.